The van der Waals surface area contributed by atoms with E-state index in [1.807, 2.05) is 6.92 Å². The van der Waals surface area contributed by atoms with Gasteiger partial charge in [0.2, 0.25) is 0 Å². The van der Waals surface area contributed by atoms with Gasteiger partial charge >= 0.3 is 5.97 Å². The molecule has 0 fully saturated rings. The highest BCUT2D eigenvalue weighted by Gasteiger charge is 2.29. The number of hydrogen-bond acceptors (Lipinski definition) is 3. The minimum Gasteiger partial charge on any atom is -0.480 e. The molecule has 0 aromatic rings. The Morgan fingerprint density at radius 3 is 2.25 bits per heavy atom. The van der Waals surface area contributed by atoms with Gasteiger partial charge in [-0.15, -0.1) is 0 Å². The molecule has 0 aliphatic rings. The molecule has 6 nitrogen and oxygen atoms in total. The van der Waals surface area contributed by atoms with Crippen LogP contribution in [-0.2, 0) is 15.0 Å². The minimum atomic E-state index is -3.71. The van der Waals surface area contributed by atoms with E-state index < -0.39 is 22.2 Å². The van der Waals surface area contributed by atoms with Gasteiger partial charge in [-0.25, -0.2) is 0 Å². The third kappa shape index (κ3) is 4.07. The summed E-state index contributed by atoms with van der Waals surface area (Å²) in [6.45, 7) is 5.49. The molecule has 0 bridgehead atoms. The lowest BCUT2D eigenvalue weighted by molar-refractivity contribution is -0.140. The zero-order chi connectivity index (χ0) is 12.9. The molecule has 2 N–H and O–H groups in total. The Morgan fingerprint density at radius 2 is 1.94 bits per heavy atom. The third-order valence-electron chi connectivity index (χ3n) is 2.61. The van der Waals surface area contributed by atoms with Crippen molar-refractivity contribution in [3.63, 3.8) is 0 Å². The molecule has 7 heteroatoms. The van der Waals surface area contributed by atoms with E-state index in [4.69, 9.17) is 5.11 Å². The van der Waals surface area contributed by atoms with E-state index in [2.05, 4.69) is 4.72 Å². The number of carboxylic acids is 1. The Morgan fingerprint density at radius 1 is 1.44 bits per heavy atom. The molecule has 0 heterocycles. The van der Waals surface area contributed by atoms with Gasteiger partial charge in [0, 0.05) is 13.6 Å². The smallest absolute Gasteiger partial charge is 0.322 e. The highest BCUT2D eigenvalue weighted by atomic mass is 32.2. The topological polar surface area (TPSA) is 86.7 Å². The van der Waals surface area contributed by atoms with Crippen molar-refractivity contribution in [1.29, 1.82) is 0 Å². The fourth-order valence-electron chi connectivity index (χ4n) is 1.07. The van der Waals surface area contributed by atoms with Crippen molar-refractivity contribution >= 4 is 16.2 Å². The lowest BCUT2D eigenvalue weighted by Gasteiger charge is -2.23. The number of nitrogens with zero attached hydrogens (tertiary/aromatic N) is 1. The second-order valence-corrected chi connectivity index (χ2v) is 5.55. The minimum absolute atomic E-state index is 0.252. The van der Waals surface area contributed by atoms with Crippen LogP contribution < -0.4 is 4.72 Å². The largest absolute Gasteiger partial charge is 0.480 e. The monoisotopic (exact) mass is 252 g/mol. The van der Waals surface area contributed by atoms with Gasteiger partial charge in [-0.1, -0.05) is 27.2 Å². The predicted octanol–water partition coefficient (Wildman–Crippen LogP) is 0.272. The third-order valence-corrected chi connectivity index (χ3v) is 4.24. The van der Waals surface area contributed by atoms with Crippen molar-refractivity contribution in [3.05, 3.63) is 0 Å². The van der Waals surface area contributed by atoms with Crippen LogP contribution in [0, 0.1) is 5.92 Å². The maximum atomic E-state index is 11.6. The van der Waals surface area contributed by atoms with Crippen LogP contribution >= 0.6 is 0 Å². The fraction of sp³-hybridized carbons (Fsp3) is 0.889. The van der Waals surface area contributed by atoms with Crippen LogP contribution in [0.5, 0.6) is 0 Å². The summed E-state index contributed by atoms with van der Waals surface area (Å²) in [5.74, 6) is -1.40. The van der Waals surface area contributed by atoms with Crippen molar-refractivity contribution in [2.45, 2.75) is 33.2 Å². The molecule has 0 aromatic heterocycles. The molecule has 0 saturated heterocycles. The number of nitrogens with one attached hydrogen (secondary N) is 1. The molecule has 16 heavy (non-hydrogen) atoms. The van der Waals surface area contributed by atoms with E-state index in [1.165, 1.54) is 7.05 Å². The second-order valence-electron chi connectivity index (χ2n) is 3.74. The van der Waals surface area contributed by atoms with Gasteiger partial charge in [0.15, 0.2) is 0 Å². The molecule has 0 saturated carbocycles. The standard InChI is InChI=1S/C9H20N2O4S/c1-5-7(3)8(9(12)13)10-16(14,15)11(4)6-2/h7-8,10H,5-6H2,1-4H3,(H,12,13)/t7-,8-/m0/s1. The van der Waals surface area contributed by atoms with Gasteiger partial charge < -0.3 is 5.11 Å². The van der Waals surface area contributed by atoms with E-state index in [1.54, 1.807) is 13.8 Å². The van der Waals surface area contributed by atoms with Crippen LogP contribution in [0.15, 0.2) is 0 Å². The number of carboxylic acid groups (broad SMARTS) is 1. The van der Waals surface area contributed by atoms with Gasteiger partial charge in [0.05, 0.1) is 0 Å². The summed E-state index contributed by atoms with van der Waals surface area (Å²) in [6.07, 6.45) is 0.593. The summed E-state index contributed by atoms with van der Waals surface area (Å²) < 4.78 is 26.6. The summed E-state index contributed by atoms with van der Waals surface area (Å²) in [5.41, 5.74) is 0. The summed E-state index contributed by atoms with van der Waals surface area (Å²) in [5, 5.41) is 8.95. The average molecular weight is 252 g/mol. The SMILES string of the molecule is CC[C@H](C)[C@H](NS(=O)(=O)N(C)CC)C(=O)O. The molecule has 0 amide bonds. The average Bonchev–Trinajstić information content (AvgIpc) is 2.23. The molecule has 0 rings (SSSR count). The van der Waals surface area contributed by atoms with Crippen LogP contribution in [0.3, 0.4) is 0 Å². The van der Waals surface area contributed by atoms with Crippen LogP contribution in [0.1, 0.15) is 27.2 Å². The Kier molecular flexibility index (Phi) is 5.91. The number of aliphatic carboxylic acids is 1. The van der Waals surface area contributed by atoms with E-state index in [0.717, 1.165) is 4.31 Å². The molecule has 0 aliphatic heterocycles. The van der Waals surface area contributed by atoms with E-state index in [9.17, 15) is 13.2 Å². The van der Waals surface area contributed by atoms with Crippen LogP contribution in [-0.4, -0.2) is 43.4 Å². The first kappa shape index (κ1) is 15.3. The maximum absolute atomic E-state index is 11.6. The Bertz CT molecular complexity index is 328. The van der Waals surface area contributed by atoms with Crippen molar-refractivity contribution < 1.29 is 18.3 Å². The number of hydrogen-bond donors (Lipinski definition) is 2. The Labute approximate surface area is 96.8 Å². The molecule has 0 aliphatic carbocycles. The molecule has 96 valence electrons. The summed E-state index contributed by atoms with van der Waals surface area (Å²) in [4.78, 5) is 10.9. The van der Waals surface area contributed by atoms with Gasteiger partial charge in [0.25, 0.3) is 10.2 Å². The first-order valence-corrected chi connectivity index (χ1v) is 6.66. The first-order valence-electron chi connectivity index (χ1n) is 5.22. The van der Waals surface area contributed by atoms with Gasteiger partial charge in [-0.2, -0.15) is 17.4 Å². The van der Waals surface area contributed by atoms with Crippen LogP contribution in [0.4, 0.5) is 0 Å². The highest BCUT2D eigenvalue weighted by molar-refractivity contribution is 7.87. The highest BCUT2D eigenvalue weighted by Crippen LogP contribution is 2.10. The molecule has 0 aromatic carbocycles. The predicted molar refractivity (Wildman–Crippen MR) is 61.2 cm³/mol. The van der Waals surface area contributed by atoms with Crippen LogP contribution in [0.2, 0.25) is 0 Å². The van der Waals surface area contributed by atoms with Crippen molar-refractivity contribution in [1.82, 2.24) is 9.03 Å². The van der Waals surface area contributed by atoms with Crippen molar-refractivity contribution in [2.24, 2.45) is 5.92 Å². The Hall–Kier alpha value is -0.660. The molecular weight excluding hydrogens is 232 g/mol. The summed E-state index contributed by atoms with van der Waals surface area (Å²) >= 11 is 0. The number of carbonyl (C=O) groups is 1. The Balaban J connectivity index is 4.83. The van der Waals surface area contributed by atoms with Gasteiger partial charge in [0.1, 0.15) is 6.04 Å². The van der Waals surface area contributed by atoms with Gasteiger partial charge in [-0.3, -0.25) is 4.79 Å². The molecule has 0 radical (unpaired) electrons. The summed E-state index contributed by atoms with van der Waals surface area (Å²) in [6, 6.07) is -1.08. The molecule has 2 atom stereocenters. The van der Waals surface area contributed by atoms with Crippen molar-refractivity contribution in [3.8, 4) is 0 Å². The maximum Gasteiger partial charge on any atom is 0.322 e. The zero-order valence-electron chi connectivity index (χ0n) is 10.1. The lowest BCUT2D eigenvalue weighted by atomic mass is 10.0. The van der Waals surface area contributed by atoms with Crippen LogP contribution in [0.25, 0.3) is 0 Å². The van der Waals surface area contributed by atoms with E-state index in [0.29, 0.717) is 13.0 Å². The van der Waals surface area contributed by atoms with E-state index >= 15 is 0 Å². The molecule has 0 spiro atoms. The fourth-order valence-corrected chi connectivity index (χ4v) is 2.24. The van der Waals surface area contributed by atoms with Crippen molar-refractivity contribution in [2.75, 3.05) is 13.6 Å². The van der Waals surface area contributed by atoms with Gasteiger partial charge in [-0.05, 0) is 5.92 Å². The zero-order valence-corrected chi connectivity index (χ0v) is 10.9. The molecule has 0 unspecified atom stereocenters. The van der Waals surface area contributed by atoms with E-state index in [-0.39, 0.29) is 5.92 Å². The first-order chi connectivity index (χ1) is 7.26. The lowest BCUT2D eigenvalue weighted by Crippen LogP contribution is -2.49. The summed E-state index contributed by atoms with van der Waals surface area (Å²) in [7, 11) is -2.31. The number of rotatable bonds is 7. The normalized spacial score (nSPS) is 16.1. The molecular formula is C9H20N2O4S. The quantitative estimate of drug-likeness (QED) is 0.681. The second kappa shape index (κ2) is 6.17.